The summed E-state index contributed by atoms with van der Waals surface area (Å²) < 4.78 is 8.92. The zero-order chi connectivity index (χ0) is 58.7. The first-order chi connectivity index (χ1) is 39.2. The van der Waals surface area contributed by atoms with E-state index in [1.54, 1.807) is 0 Å². The molecule has 0 amide bonds. The number of halogens is 1. The van der Waals surface area contributed by atoms with Gasteiger partial charge < -0.3 is 0 Å². The van der Waals surface area contributed by atoms with Crippen molar-refractivity contribution in [3.63, 3.8) is 0 Å². The Balaban J connectivity index is 1.39. The minimum atomic E-state index is -0.407. The molecule has 1 N–H and O–H groups in total. The molecule has 8 aromatic rings. The second-order valence-electron chi connectivity index (χ2n) is 26.0. The Kier molecular flexibility index (Phi) is 19.7. The Bertz CT molecular complexity index is 3040. The number of benzene rings is 8. The first kappa shape index (κ1) is 60.9. The van der Waals surface area contributed by atoms with Crippen LogP contribution in [0.15, 0.2) is 152 Å². The predicted octanol–water partition coefficient (Wildman–Crippen LogP) is 23.0. The Labute approximate surface area is 506 Å². The molecule has 0 spiro atoms. The van der Waals surface area contributed by atoms with Gasteiger partial charge in [-0.25, -0.2) is 0 Å². The van der Waals surface area contributed by atoms with Crippen molar-refractivity contribution in [2.45, 2.75) is 196 Å². The Morgan fingerprint density at radius 2 is 0.646 bits per heavy atom. The summed E-state index contributed by atoms with van der Waals surface area (Å²) in [7, 11) is 0. The summed E-state index contributed by atoms with van der Waals surface area (Å²) >= 11 is 6.02. The van der Waals surface area contributed by atoms with Crippen LogP contribution in [0.5, 0.6) is 0 Å². The van der Waals surface area contributed by atoms with E-state index in [0.29, 0.717) is 47.3 Å². The molecule has 0 aliphatic heterocycles. The van der Waals surface area contributed by atoms with E-state index in [2.05, 4.69) is 256 Å². The monoisotopic (exact) mass is 1170 g/mol. The molecule has 0 saturated heterocycles. The van der Waals surface area contributed by atoms with E-state index in [1.165, 1.54) is 122 Å². The minimum absolute atomic E-state index is 0.0326. The van der Waals surface area contributed by atoms with E-state index in [0.717, 1.165) is 30.0 Å². The van der Waals surface area contributed by atoms with Gasteiger partial charge in [-0.2, -0.15) is 0 Å². The van der Waals surface area contributed by atoms with Crippen LogP contribution < -0.4 is 9.78 Å². The van der Waals surface area contributed by atoms with Crippen LogP contribution >= 0.6 is 11.6 Å². The summed E-state index contributed by atoms with van der Waals surface area (Å²) in [5.74, 6) is 2.71. The van der Waals surface area contributed by atoms with Crippen molar-refractivity contribution in [1.82, 2.24) is 0 Å². The van der Waals surface area contributed by atoms with Crippen LogP contribution in [0.25, 0.3) is 66.8 Å². The fourth-order valence-electron chi connectivity index (χ4n) is 13.0. The number of anilines is 1. The SMILES string of the molecule is CC(C)c1cccc(C(C)C)c1-c1cc(-c2cccc(-c3cc(-c4c(C(C)C)cccc4C(C)C)cc(-c4c(C(C)C)cccc4C(C)C)c3)c2[Se]O[C@@H]2CCCC[C@H]2Nc2ccc(Cl)cc2)cc(-c2c(C(C)C)cccc2C(C)C)c1. The molecular formula is C78H92ClNOSe. The molecule has 1 aliphatic carbocycles. The number of hydrogen-bond donors (Lipinski definition) is 1. The van der Waals surface area contributed by atoms with Gasteiger partial charge in [-0.3, -0.25) is 0 Å². The molecule has 2 nitrogen and oxygen atoms in total. The van der Waals surface area contributed by atoms with Crippen molar-refractivity contribution in [3.8, 4) is 66.8 Å². The third-order valence-corrected chi connectivity index (χ3v) is 19.5. The number of rotatable bonds is 19. The first-order valence-electron chi connectivity index (χ1n) is 31.0. The molecule has 9 rings (SSSR count). The predicted molar refractivity (Wildman–Crippen MR) is 359 cm³/mol. The van der Waals surface area contributed by atoms with Gasteiger partial charge in [-0.1, -0.05) is 0 Å². The van der Waals surface area contributed by atoms with E-state index in [4.69, 9.17) is 15.4 Å². The van der Waals surface area contributed by atoms with Crippen molar-refractivity contribution in [1.29, 1.82) is 0 Å². The molecule has 428 valence electrons. The average Bonchev–Trinajstić information content (AvgIpc) is 3.46. The van der Waals surface area contributed by atoms with E-state index in [9.17, 15) is 0 Å². The Hall–Kier alpha value is -5.67. The van der Waals surface area contributed by atoms with Crippen LogP contribution in [-0.4, -0.2) is 27.4 Å². The van der Waals surface area contributed by atoms with Crippen molar-refractivity contribution in [2.24, 2.45) is 0 Å². The van der Waals surface area contributed by atoms with Gasteiger partial charge in [-0.15, -0.1) is 0 Å². The Morgan fingerprint density at radius 3 is 0.951 bits per heavy atom. The van der Waals surface area contributed by atoms with Gasteiger partial charge in [0.15, 0.2) is 0 Å². The van der Waals surface area contributed by atoms with Gasteiger partial charge >= 0.3 is 510 Å². The van der Waals surface area contributed by atoms with Gasteiger partial charge in [0.1, 0.15) is 0 Å². The third kappa shape index (κ3) is 13.2. The van der Waals surface area contributed by atoms with E-state index in [-0.39, 0.29) is 12.1 Å². The molecule has 0 radical (unpaired) electrons. The standard InChI is InChI=1S/C78H92ClNOSe/c1-46(2)62-24-19-25-63(47(3)4)74(62)56-40-54(41-57(44-56)75-64(48(5)6)26-20-27-65(75)49(7)8)70-32-23-33-71(78(70)82-81-73-35-18-17-34-72(73)80-61-38-36-60(79)37-39-61)55-42-58(76-66(50(9)10)28-21-29-67(76)51(11)12)45-59(43-55)77-68(52(13)14)30-22-31-69(77)53(15)16/h19-33,36-53,72-73,80H,17-18,34-35H2,1-16H3/t72-,73-/m1/s1. The molecule has 82 heavy (non-hydrogen) atoms. The maximum atomic E-state index is 7.64. The molecule has 4 heteroatoms. The number of hydrogen-bond acceptors (Lipinski definition) is 2. The quantitative estimate of drug-likeness (QED) is 0.0815. The molecule has 0 unspecified atom stereocenters. The van der Waals surface area contributed by atoms with Crippen LogP contribution in [0.1, 0.15) is 228 Å². The fourth-order valence-corrected chi connectivity index (χ4v) is 15.2. The van der Waals surface area contributed by atoms with Gasteiger partial charge in [0, 0.05) is 0 Å². The topological polar surface area (TPSA) is 21.3 Å². The molecule has 1 fully saturated rings. The summed E-state index contributed by atoms with van der Waals surface area (Å²) in [6.45, 7) is 37.7. The maximum absolute atomic E-state index is 7.64. The van der Waals surface area contributed by atoms with Crippen molar-refractivity contribution in [2.75, 3.05) is 5.32 Å². The Morgan fingerprint density at radius 1 is 0.366 bits per heavy atom. The zero-order valence-electron chi connectivity index (χ0n) is 52.2. The summed E-state index contributed by atoms with van der Waals surface area (Å²) in [5, 5.41) is 4.68. The van der Waals surface area contributed by atoms with Crippen LogP contribution in [0.4, 0.5) is 5.69 Å². The van der Waals surface area contributed by atoms with Crippen molar-refractivity contribution in [3.05, 3.63) is 201 Å². The summed E-state index contributed by atoms with van der Waals surface area (Å²) in [6, 6.07) is 58.8. The van der Waals surface area contributed by atoms with Crippen LogP contribution in [-0.2, 0) is 3.82 Å². The summed E-state index contributed by atoms with van der Waals surface area (Å²) in [5.41, 5.74) is 27.7. The molecule has 2 atom stereocenters. The van der Waals surface area contributed by atoms with E-state index >= 15 is 0 Å². The molecular weight excluding hydrogens is 1080 g/mol. The normalized spacial score (nSPS) is 14.9. The van der Waals surface area contributed by atoms with Gasteiger partial charge in [0.25, 0.3) is 0 Å². The van der Waals surface area contributed by atoms with E-state index in [1.807, 2.05) is 12.1 Å². The first-order valence-corrected chi connectivity index (χ1v) is 33.0. The molecule has 1 aliphatic rings. The molecule has 8 aromatic carbocycles. The van der Waals surface area contributed by atoms with Gasteiger partial charge in [0.2, 0.25) is 0 Å². The van der Waals surface area contributed by atoms with Crippen LogP contribution in [0.3, 0.4) is 0 Å². The van der Waals surface area contributed by atoms with Gasteiger partial charge in [0.05, 0.1) is 0 Å². The average molecular weight is 1170 g/mol. The van der Waals surface area contributed by atoms with Crippen LogP contribution in [0, 0.1) is 0 Å². The second-order valence-corrected chi connectivity index (χ2v) is 28.1. The third-order valence-electron chi connectivity index (χ3n) is 17.3. The molecule has 0 bridgehead atoms. The molecule has 1 saturated carbocycles. The molecule has 0 heterocycles. The number of nitrogens with one attached hydrogen (secondary N) is 1. The van der Waals surface area contributed by atoms with Crippen molar-refractivity contribution < 1.29 is 3.82 Å². The fraction of sp³-hybridized carbons (Fsp3) is 0.385. The van der Waals surface area contributed by atoms with E-state index < -0.39 is 15.3 Å². The van der Waals surface area contributed by atoms with Gasteiger partial charge in [-0.05, 0) is 0 Å². The molecule has 0 aromatic heterocycles. The van der Waals surface area contributed by atoms with Crippen molar-refractivity contribution >= 4 is 37.0 Å². The summed E-state index contributed by atoms with van der Waals surface area (Å²) in [6.07, 6.45) is 4.41. The summed E-state index contributed by atoms with van der Waals surface area (Å²) in [4.78, 5) is 0. The van der Waals surface area contributed by atoms with Crippen LogP contribution in [0.2, 0.25) is 5.02 Å². The second kappa shape index (κ2) is 26.5. The zero-order valence-corrected chi connectivity index (χ0v) is 54.7.